The van der Waals surface area contributed by atoms with Gasteiger partial charge in [0, 0.05) is 12.0 Å². The van der Waals surface area contributed by atoms with E-state index in [0.29, 0.717) is 28.7 Å². The molecular weight excluding hydrogens is 444 g/mol. The van der Waals surface area contributed by atoms with E-state index in [9.17, 15) is 22.8 Å². The van der Waals surface area contributed by atoms with Crippen molar-refractivity contribution in [2.45, 2.75) is 25.8 Å². The van der Waals surface area contributed by atoms with Gasteiger partial charge in [-0.2, -0.15) is 0 Å². The van der Waals surface area contributed by atoms with Gasteiger partial charge in [0.05, 0.1) is 22.4 Å². The molecule has 1 aromatic heterocycles. The lowest BCUT2D eigenvalue weighted by Crippen LogP contribution is -2.46. The summed E-state index contributed by atoms with van der Waals surface area (Å²) in [7, 11) is -3.09. The van der Waals surface area contributed by atoms with Gasteiger partial charge in [0.2, 0.25) is 5.91 Å². The van der Waals surface area contributed by atoms with Crippen molar-refractivity contribution in [1.29, 1.82) is 0 Å². The number of amides is 2. The lowest BCUT2D eigenvalue weighted by Gasteiger charge is -2.20. The van der Waals surface area contributed by atoms with Gasteiger partial charge < -0.3 is 0 Å². The van der Waals surface area contributed by atoms with Gasteiger partial charge in [-0.15, -0.1) is 0 Å². The summed E-state index contributed by atoms with van der Waals surface area (Å²) < 4.78 is 24.4. The fraction of sp³-hybridized carbons (Fsp3) is 0.304. The van der Waals surface area contributed by atoms with Crippen molar-refractivity contribution < 1.29 is 18.0 Å². The summed E-state index contributed by atoms with van der Waals surface area (Å²) in [4.78, 5) is 43.0. The Hall–Kier alpha value is -3.53. The molecule has 4 rings (SSSR count). The molecule has 1 aliphatic heterocycles. The number of carbonyl (C=O) groups excluding carboxylic acids is 2. The highest BCUT2D eigenvalue weighted by atomic mass is 32.2. The van der Waals surface area contributed by atoms with Gasteiger partial charge in [-0.1, -0.05) is 42.5 Å². The van der Waals surface area contributed by atoms with E-state index in [-0.39, 0.29) is 29.4 Å². The number of hydrogen-bond donors (Lipinski definition) is 2. The van der Waals surface area contributed by atoms with Gasteiger partial charge >= 0.3 is 0 Å². The Morgan fingerprint density at radius 3 is 2.48 bits per heavy atom. The molecule has 0 bridgehead atoms. The van der Waals surface area contributed by atoms with Crippen LogP contribution >= 0.6 is 0 Å². The number of benzene rings is 2. The minimum atomic E-state index is -3.09. The third-order valence-electron chi connectivity index (χ3n) is 5.73. The molecule has 33 heavy (non-hydrogen) atoms. The average molecular weight is 469 g/mol. The molecule has 1 fully saturated rings. The molecule has 0 aliphatic carbocycles. The summed E-state index contributed by atoms with van der Waals surface area (Å²) >= 11 is 0. The summed E-state index contributed by atoms with van der Waals surface area (Å²) in [6.45, 7) is 1.55. The van der Waals surface area contributed by atoms with Crippen LogP contribution in [0.4, 0.5) is 0 Å². The van der Waals surface area contributed by atoms with Crippen molar-refractivity contribution in [3.8, 4) is 11.4 Å². The topological polar surface area (TPSA) is 127 Å². The highest BCUT2D eigenvalue weighted by Crippen LogP contribution is 2.23. The number of hydrogen-bond acceptors (Lipinski definition) is 6. The number of rotatable bonds is 5. The van der Waals surface area contributed by atoms with Crippen LogP contribution in [0.1, 0.15) is 25.8 Å². The number of para-hydroxylation sites is 1. The van der Waals surface area contributed by atoms with Crippen LogP contribution in [0.2, 0.25) is 0 Å². The second-order valence-corrected chi connectivity index (χ2v) is 10.4. The number of hydrazine groups is 1. The van der Waals surface area contributed by atoms with E-state index in [1.54, 1.807) is 43.3 Å². The Morgan fingerprint density at radius 2 is 1.79 bits per heavy atom. The maximum absolute atomic E-state index is 13.3. The van der Waals surface area contributed by atoms with Gasteiger partial charge in [-0.3, -0.25) is 29.8 Å². The molecule has 9 nitrogen and oxygen atoms in total. The van der Waals surface area contributed by atoms with Crippen LogP contribution in [-0.2, 0) is 19.4 Å². The molecule has 2 unspecified atom stereocenters. The van der Waals surface area contributed by atoms with Crippen LogP contribution in [0.25, 0.3) is 22.3 Å². The Labute approximate surface area is 190 Å². The van der Waals surface area contributed by atoms with Gasteiger partial charge in [0.1, 0.15) is 11.9 Å². The maximum atomic E-state index is 13.3. The van der Waals surface area contributed by atoms with Crippen molar-refractivity contribution >= 4 is 32.6 Å². The molecule has 2 N–H and O–H groups in total. The molecule has 1 saturated heterocycles. The molecule has 2 atom stereocenters. The van der Waals surface area contributed by atoms with Gasteiger partial charge in [-0.25, -0.2) is 13.4 Å². The highest BCUT2D eigenvalue weighted by molar-refractivity contribution is 7.91. The molecule has 0 spiro atoms. The third-order valence-corrected chi connectivity index (χ3v) is 7.57. The Kier molecular flexibility index (Phi) is 6.28. The minimum Gasteiger partial charge on any atom is -0.280 e. The number of sulfone groups is 1. The maximum Gasteiger partial charge on any atom is 0.262 e. The zero-order valence-corrected chi connectivity index (χ0v) is 18.8. The Bertz CT molecular complexity index is 1370. The first-order valence-corrected chi connectivity index (χ1v) is 12.4. The molecular formula is C23H24N4O5S. The molecule has 3 aromatic rings. The van der Waals surface area contributed by atoms with E-state index in [2.05, 4.69) is 15.8 Å². The van der Waals surface area contributed by atoms with Crippen LogP contribution < -0.4 is 16.4 Å². The zero-order valence-electron chi connectivity index (χ0n) is 18.0. The van der Waals surface area contributed by atoms with Crippen molar-refractivity contribution in [3.63, 3.8) is 0 Å². The molecule has 2 heterocycles. The van der Waals surface area contributed by atoms with Crippen molar-refractivity contribution in [2.75, 3.05) is 11.5 Å². The summed E-state index contributed by atoms with van der Waals surface area (Å²) in [5, 5.41) is 0.378. The van der Waals surface area contributed by atoms with E-state index in [0.717, 1.165) is 0 Å². The number of fused-ring (bicyclic) bond motifs is 1. The van der Waals surface area contributed by atoms with E-state index in [1.165, 1.54) is 4.57 Å². The van der Waals surface area contributed by atoms with E-state index in [1.807, 2.05) is 18.2 Å². The minimum absolute atomic E-state index is 0.000630. The van der Waals surface area contributed by atoms with Gasteiger partial charge in [-0.05, 0) is 31.4 Å². The summed E-state index contributed by atoms with van der Waals surface area (Å²) in [5.41, 5.74) is 5.51. The first kappa shape index (κ1) is 22.7. The third kappa shape index (κ3) is 4.95. The van der Waals surface area contributed by atoms with Crippen LogP contribution in [0, 0.1) is 5.92 Å². The average Bonchev–Trinajstić information content (AvgIpc) is 3.15. The zero-order chi connectivity index (χ0) is 23.6. The number of nitrogens with one attached hydrogen (secondary N) is 2. The van der Waals surface area contributed by atoms with Gasteiger partial charge in [0.15, 0.2) is 9.84 Å². The van der Waals surface area contributed by atoms with E-state index >= 15 is 0 Å². The van der Waals surface area contributed by atoms with Crippen LogP contribution in [0.3, 0.4) is 0 Å². The van der Waals surface area contributed by atoms with Crippen LogP contribution in [0.15, 0.2) is 59.4 Å². The fourth-order valence-electron chi connectivity index (χ4n) is 4.00. The van der Waals surface area contributed by atoms with Crippen LogP contribution in [0.5, 0.6) is 0 Å². The Morgan fingerprint density at radius 1 is 1.09 bits per heavy atom. The molecule has 2 aromatic carbocycles. The van der Waals surface area contributed by atoms with Crippen molar-refractivity contribution in [1.82, 2.24) is 20.4 Å². The van der Waals surface area contributed by atoms with Crippen molar-refractivity contribution in [2.24, 2.45) is 5.92 Å². The van der Waals surface area contributed by atoms with Crippen molar-refractivity contribution in [3.05, 3.63) is 65.0 Å². The standard InChI is InChI=1S/C23H24N4O5S/c1-15(22(29)26-25-20(28)13-16-11-12-33(31,32)14-16)27-21(17-7-3-2-4-8-17)24-19-10-6-5-9-18(19)23(27)30/h2-10,15-16H,11-14H2,1H3,(H,25,28)(H,26,29). The molecule has 1 aliphatic rings. The highest BCUT2D eigenvalue weighted by Gasteiger charge is 2.30. The van der Waals surface area contributed by atoms with E-state index in [4.69, 9.17) is 0 Å². The summed E-state index contributed by atoms with van der Waals surface area (Å²) in [6.07, 6.45) is 0.430. The predicted molar refractivity (Wildman–Crippen MR) is 124 cm³/mol. The van der Waals surface area contributed by atoms with Gasteiger partial charge in [0.25, 0.3) is 11.5 Å². The first-order chi connectivity index (χ1) is 15.7. The SMILES string of the molecule is CC(C(=O)NNC(=O)CC1CCS(=O)(=O)C1)n1c(-c2ccccc2)nc2ccccc2c1=O. The molecule has 2 amide bonds. The first-order valence-electron chi connectivity index (χ1n) is 10.6. The quantitative estimate of drug-likeness (QED) is 0.548. The smallest absolute Gasteiger partial charge is 0.262 e. The number of nitrogens with zero attached hydrogens (tertiary/aromatic N) is 2. The van der Waals surface area contributed by atoms with E-state index < -0.39 is 27.7 Å². The molecule has 172 valence electrons. The molecule has 0 radical (unpaired) electrons. The number of carbonyl (C=O) groups is 2. The largest absolute Gasteiger partial charge is 0.280 e. The predicted octanol–water partition coefficient (Wildman–Crippen LogP) is 1.60. The Balaban J connectivity index is 1.56. The van der Waals surface area contributed by atoms with Crippen LogP contribution in [-0.4, -0.2) is 41.3 Å². The lowest BCUT2D eigenvalue weighted by molar-refractivity contribution is -0.130. The fourth-order valence-corrected chi connectivity index (χ4v) is 5.86. The normalized spacial score (nSPS) is 18.0. The second kappa shape index (κ2) is 9.14. The molecule has 10 heteroatoms. The summed E-state index contributed by atoms with van der Waals surface area (Å²) in [5.74, 6) is -0.952. The number of aromatic nitrogens is 2. The summed E-state index contributed by atoms with van der Waals surface area (Å²) in [6, 6.07) is 15.0. The molecule has 0 saturated carbocycles. The lowest BCUT2D eigenvalue weighted by atomic mass is 10.1. The monoisotopic (exact) mass is 468 g/mol. The second-order valence-electron chi connectivity index (χ2n) is 8.18.